The molecule has 0 unspecified atom stereocenters. The zero-order valence-corrected chi connectivity index (χ0v) is 10.3. The zero-order chi connectivity index (χ0) is 11.8. The molecule has 1 aromatic rings. The number of hydrogen-bond donors (Lipinski definition) is 0. The molecule has 2 nitrogen and oxygen atoms in total. The molecule has 0 spiro atoms. The second kappa shape index (κ2) is 4.17. The third kappa shape index (κ3) is 1.76. The quantitative estimate of drug-likeness (QED) is 0.725. The van der Waals surface area contributed by atoms with Crippen molar-refractivity contribution in [2.24, 2.45) is 5.92 Å². The van der Waals surface area contributed by atoms with Gasteiger partial charge in [-0.1, -0.05) is 36.8 Å². The predicted molar refractivity (Wildman–Crippen MR) is 67.7 cm³/mol. The summed E-state index contributed by atoms with van der Waals surface area (Å²) in [5, 5.41) is 0. The van der Waals surface area contributed by atoms with Crippen LogP contribution in [0.3, 0.4) is 0 Å². The Bertz CT molecular complexity index is 414. The molecule has 17 heavy (non-hydrogen) atoms. The highest BCUT2D eigenvalue weighted by Gasteiger charge is 2.44. The molecule has 0 radical (unpaired) electrons. The van der Waals surface area contributed by atoms with Crippen molar-refractivity contribution in [2.45, 2.75) is 37.6 Å². The van der Waals surface area contributed by atoms with Crippen molar-refractivity contribution in [1.29, 1.82) is 0 Å². The molecule has 2 fully saturated rings. The fourth-order valence-corrected chi connectivity index (χ4v) is 3.68. The number of likely N-dealkylation sites (tertiary alicyclic amines) is 1. The molecule has 90 valence electrons. The third-order valence-corrected chi connectivity index (χ3v) is 4.49. The van der Waals surface area contributed by atoms with Gasteiger partial charge in [0.25, 0.3) is 0 Å². The van der Waals surface area contributed by atoms with E-state index < -0.39 is 0 Å². The van der Waals surface area contributed by atoms with Crippen LogP contribution >= 0.6 is 0 Å². The minimum absolute atomic E-state index is 0.336. The number of likely N-dealkylation sites (N-methyl/N-ethyl adjacent to an activating group) is 1. The first-order valence-electron chi connectivity index (χ1n) is 6.58. The molecule has 2 heteroatoms. The summed E-state index contributed by atoms with van der Waals surface area (Å²) < 4.78 is 0. The molecule has 1 saturated heterocycles. The van der Waals surface area contributed by atoms with Crippen molar-refractivity contribution >= 4 is 5.91 Å². The summed E-state index contributed by atoms with van der Waals surface area (Å²) in [6.07, 6.45) is 4.49. The molecule has 3 rings (SSSR count). The standard InChI is InChI=1S/C15H19NO/c1-16-14(17)10-12-8-5-9-13(15(12)16)11-6-3-2-4-7-11/h2-4,6-7,12-13,15H,5,8-10H2,1H3/t12-,13-,15-/m0/s1. The lowest BCUT2D eigenvalue weighted by molar-refractivity contribution is -0.127. The van der Waals surface area contributed by atoms with Gasteiger partial charge in [0.1, 0.15) is 0 Å². The van der Waals surface area contributed by atoms with E-state index in [0.29, 0.717) is 23.8 Å². The number of benzene rings is 1. The Morgan fingerprint density at radius 1 is 1.18 bits per heavy atom. The maximum Gasteiger partial charge on any atom is 0.222 e. The Kier molecular flexibility index (Phi) is 2.65. The number of nitrogens with zero attached hydrogens (tertiary/aromatic N) is 1. The summed E-state index contributed by atoms with van der Waals surface area (Å²) in [5.41, 5.74) is 1.41. The smallest absolute Gasteiger partial charge is 0.222 e. The van der Waals surface area contributed by atoms with Crippen LogP contribution in [0.4, 0.5) is 0 Å². The largest absolute Gasteiger partial charge is 0.342 e. The average molecular weight is 229 g/mol. The third-order valence-electron chi connectivity index (χ3n) is 4.49. The van der Waals surface area contributed by atoms with Gasteiger partial charge in [0.2, 0.25) is 5.91 Å². The van der Waals surface area contributed by atoms with E-state index in [9.17, 15) is 4.79 Å². The highest BCUT2D eigenvalue weighted by atomic mass is 16.2. The van der Waals surface area contributed by atoms with Gasteiger partial charge in [0.05, 0.1) is 0 Å². The van der Waals surface area contributed by atoms with Gasteiger partial charge in [-0.05, 0) is 24.3 Å². The number of carbonyl (C=O) groups excluding carboxylic acids is 1. The van der Waals surface area contributed by atoms with Gasteiger partial charge in [0, 0.05) is 25.4 Å². The molecular formula is C15H19NO. The Labute approximate surface area is 103 Å². The molecule has 1 heterocycles. The van der Waals surface area contributed by atoms with Gasteiger partial charge < -0.3 is 4.90 Å². The summed E-state index contributed by atoms with van der Waals surface area (Å²) in [6.45, 7) is 0. The minimum atomic E-state index is 0.336. The van der Waals surface area contributed by atoms with Crippen LogP contribution in [-0.4, -0.2) is 23.9 Å². The normalized spacial score (nSPS) is 32.6. The summed E-state index contributed by atoms with van der Waals surface area (Å²) in [4.78, 5) is 13.8. The fraction of sp³-hybridized carbons (Fsp3) is 0.533. The van der Waals surface area contributed by atoms with E-state index in [1.807, 2.05) is 11.9 Å². The van der Waals surface area contributed by atoms with Gasteiger partial charge in [-0.3, -0.25) is 4.79 Å². The highest BCUT2D eigenvalue weighted by Crippen LogP contribution is 2.44. The van der Waals surface area contributed by atoms with E-state index in [4.69, 9.17) is 0 Å². The van der Waals surface area contributed by atoms with E-state index >= 15 is 0 Å². The van der Waals surface area contributed by atoms with Crippen LogP contribution in [0, 0.1) is 5.92 Å². The van der Waals surface area contributed by atoms with Crippen LogP contribution in [0.2, 0.25) is 0 Å². The summed E-state index contributed by atoms with van der Waals surface area (Å²) in [5.74, 6) is 1.47. The summed E-state index contributed by atoms with van der Waals surface area (Å²) in [7, 11) is 1.98. The van der Waals surface area contributed by atoms with Crippen molar-refractivity contribution in [3.63, 3.8) is 0 Å². The Morgan fingerprint density at radius 2 is 1.94 bits per heavy atom. The molecule has 1 aliphatic heterocycles. The van der Waals surface area contributed by atoms with Crippen LogP contribution in [0.1, 0.15) is 37.2 Å². The number of rotatable bonds is 1. The van der Waals surface area contributed by atoms with Crippen LogP contribution in [0.25, 0.3) is 0 Å². The van der Waals surface area contributed by atoms with Gasteiger partial charge in [-0.2, -0.15) is 0 Å². The van der Waals surface area contributed by atoms with E-state index in [1.165, 1.54) is 24.8 Å². The average Bonchev–Trinajstić information content (AvgIpc) is 2.66. The van der Waals surface area contributed by atoms with E-state index in [0.717, 1.165) is 6.42 Å². The van der Waals surface area contributed by atoms with Crippen LogP contribution in [0.5, 0.6) is 0 Å². The molecule has 1 aromatic carbocycles. The van der Waals surface area contributed by atoms with Crippen LogP contribution in [0.15, 0.2) is 30.3 Å². The molecule has 1 amide bonds. The Hall–Kier alpha value is -1.31. The minimum Gasteiger partial charge on any atom is -0.342 e. The first-order chi connectivity index (χ1) is 8.27. The molecule has 1 saturated carbocycles. The monoisotopic (exact) mass is 229 g/mol. The summed E-state index contributed by atoms with van der Waals surface area (Å²) >= 11 is 0. The van der Waals surface area contributed by atoms with Gasteiger partial charge >= 0.3 is 0 Å². The second-order valence-electron chi connectivity index (χ2n) is 5.41. The first-order valence-corrected chi connectivity index (χ1v) is 6.58. The topological polar surface area (TPSA) is 20.3 Å². The molecule has 3 atom stereocenters. The first kappa shape index (κ1) is 10.8. The number of carbonyl (C=O) groups is 1. The highest BCUT2D eigenvalue weighted by molar-refractivity contribution is 5.79. The number of fused-ring (bicyclic) bond motifs is 1. The second-order valence-corrected chi connectivity index (χ2v) is 5.41. The van der Waals surface area contributed by atoms with Crippen molar-refractivity contribution in [3.8, 4) is 0 Å². The van der Waals surface area contributed by atoms with Crippen molar-refractivity contribution in [3.05, 3.63) is 35.9 Å². The van der Waals surface area contributed by atoms with Crippen molar-refractivity contribution in [1.82, 2.24) is 4.90 Å². The molecule has 2 aliphatic rings. The summed E-state index contributed by atoms with van der Waals surface area (Å²) in [6, 6.07) is 11.1. The molecule has 0 N–H and O–H groups in total. The molecule has 0 bridgehead atoms. The maximum atomic E-state index is 11.8. The lowest BCUT2D eigenvalue weighted by Crippen LogP contribution is -2.39. The fourth-order valence-electron chi connectivity index (χ4n) is 3.68. The van der Waals surface area contributed by atoms with Gasteiger partial charge in [-0.15, -0.1) is 0 Å². The predicted octanol–water partition coefficient (Wildman–Crippen LogP) is 2.80. The molecular weight excluding hydrogens is 210 g/mol. The number of amides is 1. The van der Waals surface area contributed by atoms with E-state index in [2.05, 4.69) is 30.3 Å². The SMILES string of the molecule is CN1C(=O)C[C@@H]2CCC[C@@H](c3ccccc3)[C@H]21. The van der Waals surface area contributed by atoms with Crippen molar-refractivity contribution < 1.29 is 4.79 Å². The van der Waals surface area contributed by atoms with E-state index in [-0.39, 0.29) is 0 Å². The Morgan fingerprint density at radius 3 is 2.71 bits per heavy atom. The molecule has 1 aliphatic carbocycles. The van der Waals surface area contributed by atoms with Crippen LogP contribution in [-0.2, 0) is 4.79 Å². The van der Waals surface area contributed by atoms with Gasteiger partial charge in [-0.25, -0.2) is 0 Å². The molecule has 0 aromatic heterocycles. The number of hydrogen-bond acceptors (Lipinski definition) is 1. The Balaban J connectivity index is 1.92. The maximum absolute atomic E-state index is 11.8. The van der Waals surface area contributed by atoms with E-state index in [1.54, 1.807) is 0 Å². The van der Waals surface area contributed by atoms with Gasteiger partial charge in [0.15, 0.2) is 0 Å². The van der Waals surface area contributed by atoms with Crippen molar-refractivity contribution in [2.75, 3.05) is 7.05 Å². The zero-order valence-electron chi connectivity index (χ0n) is 10.3. The lowest BCUT2D eigenvalue weighted by Gasteiger charge is -2.37. The van der Waals surface area contributed by atoms with Crippen LogP contribution < -0.4 is 0 Å². The lowest BCUT2D eigenvalue weighted by atomic mass is 9.74.